The van der Waals surface area contributed by atoms with Crippen molar-refractivity contribution in [1.29, 1.82) is 0 Å². The lowest BCUT2D eigenvalue weighted by Gasteiger charge is -2.18. The van der Waals surface area contributed by atoms with Crippen LogP contribution in [0.5, 0.6) is 0 Å². The van der Waals surface area contributed by atoms with Crippen molar-refractivity contribution < 1.29 is 4.84 Å². The molecule has 1 aromatic rings. The summed E-state index contributed by atoms with van der Waals surface area (Å²) < 4.78 is 0. The zero-order valence-electron chi connectivity index (χ0n) is 10.0. The lowest BCUT2D eigenvalue weighted by Crippen LogP contribution is -2.22. The predicted octanol–water partition coefficient (Wildman–Crippen LogP) is 3.84. The van der Waals surface area contributed by atoms with Crippen LogP contribution in [0.3, 0.4) is 0 Å². The Morgan fingerprint density at radius 3 is 2.38 bits per heavy atom. The van der Waals surface area contributed by atoms with Gasteiger partial charge in [0.25, 0.3) is 0 Å². The van der Waals surface area contributed by atoms with Crippen molar-refractivity contribution in [3.05, 3.63) is 35.9 Å². The van der Waals surface area contributed by atoms with Crippen molar-refractivity contribution in [2.45, 2.75) is 27.4 Å². The molecule has 0 aromatic heterocycles. The minimum atomic E-state index is -0.0432. The average Bonchev–Trinajstić information content (AvgIpc) is 2.24. The summed E-state index contributed by atoms with van der Waals surface area (Å²) in [4.78, 5) is 5.30. The fourth-order valence-electron chi connectivity index (χ4n) is 1.12. The van der Waals surface area contributed by atoms with Gasteiger partial charge < -0.3 is 4.84 Å². The molecule has 0 N–H and O–H groups in total. The summed E-state index contributed by atoms with van der Waals surface area (Å²) >= 11 is 5.82. The molecule has 1 rings (SSSR count). The van der Waals surface area contributed by atoms with Gasteiger partial charge in [-0.15, -0.1) is 11.6 Å². The number of hydrogen-bond donors (Lipinski definition) is 0. The highest BCUT2D eigenvalue weighted by Gasteiger charge is 2.18. The van der Waals surface area contributed by atoms with E-state index >= 15 is 0 Å². The summed E-state index contributed by atoms with van der Waals surface area (Å²) in [6, 6.07) is 9.95. The van der Waals surface area contributed by atoms with E-state index in [2.05, 4.69) is 25.9 Å². The van der Waals surface area contributed by atoms with Gasteiger partial charge in [-0.05, 0) is 5.56 Å². The van der Waals surface area contributed by atoms with Crippen molar-refractivity contribution in [2.24, 2.45) is 10.6 Å². The van der Waals surface area contributed by atoms with Gasteiger partial charge in [0.1, 0.15) is 6.61 Å². The van der Waals surface area contributed by atoms with Crippen LogP contribution in [0.25, 0.3) is 0 Å². The van der Waals surface area contributed by atoms with E-state index in [0.29, 0.717) is 12.5 Å². The Morgan fingerprint density at radius 2 is 1.88 bits per heavy atom. The van der Waals surface area contributed by atoms with Gasteiger partial charge in [0, 0.05) is 5.41 Å². The number of alkyl halides is 1. The van der Waals surface area contributed by atoms with E-state index in [9.17, 15) is 0 Å². The third-order valence-corrected chi connectivity index (χ3v) is 2.49. The second-order valence-corrected chi connectivity index (χ2v) is 4.95. The highest BCUT2D eigenvalue weighted by atomic mass is 35.5. The molecular weight excluding hydrogens is 222 g/mol. The van der Waals surface area contributed by atoms with E-state index in [1.165, 1.54) is 0 Å². The molecule has 0 heterocycles. The van der Waals surface area contributed by atoms with Gasteiger partial charge >= 0.3 is 0 Å². The number of oxime groups is 1. The van der Waals surface area contributed by atoms with Crippen LogP contribution in [0.15, 0.2) is 35.5 Å². The van der Waals surface area contributed by atoms with Gasteiger partial charge in [0.05, 0.1) is 11.6 Å². The molecule has 0 saturated carbocycles. The zero-order chi connectivity index (χ0) is 12.0. The molecule has 0 fully saturated rings. The van der Waals surface area contributed by atoms with E-state index < -0.39 is 0 Å². The highest BCUT2D eigenvalue weighted by molar-refractivity contribution is 6.29. The van der Waals surface area contributed by atoms with Crippen LogP contribution in [0.2, 0.25) is 0 Å². The number of benzene rings is 1. The lowest BCUT2D eigenvalue weighted by molar-refractivity contribution is 0.127. The molecule has 88 valence electrons. The summed E-state index contributed by atoms with van der Waals surface area (Å²) in [7, 11) is 0. The van der Waals surface area contributed by atoms with Gasteiger partial charge in [-0.3, -0.25) is 0 Å². The topological polar surface area (TPSA) is 21.6 Å². The Hall–Kier alpha value is -1.02. The molecule has 0 amide bonds. The van der Waals surface area contributed by atoms with Gasteiger partial charge in [-0.2, -0.15) is 0 Å². The van der Waals surface area contributed by atoms with Gasteiger partial charge in [0.2, 0.25) is 0 Å². The molecule has 0 unspecified atom stereocenters. The SMILES string of the molecule is CC(C)(C)/C(CCl)=N/OCc1ccccc1. The minimum absolute atomic E-state index is 0.0432. The fourth-order valence-corrected chi connectivity index (χ4v) is 1.57. The van der Waals surface area contributed by atoms with E-state index in [0.717, 1.165) is 11.3 Å². The van der Waals surface area contributed by atoms with Crippen LogP contribution >= 0.6 is 11.6 Å². The lowest BCUT2D eigenvalue weighted by atomic mass is 9.91. The maximum absolute atomic E-state index is 5.82. The summed E-state index contributed by atoms with van der Waals surface area (Å²) in [5.41, 5.74) is 1.93. The Bertz CT molecular complexity index is 341. The molecular formula is C13H18ClNO. The van der Waals surface area contributed by atoms with Crippen LogP contribution in [0.4, 0.5) is 0 Å². The summed E-state index contributed by atoms with van der Waals surface area (Å²) in [5.74, 6) is 0.401. The first-order valence-electron chi connectivity index (χ1n) is 5.33. The first kappa shape index (κ1) is 13.0. The number of hydrogen-bond acceptors (Lipinski definition) is 2. The van der Waals surface area contributed by atoms with Gasteiger partial charge in [-0.1, -0.05) is 56.3 Å². The minimum Gasteiger partial charge on any atom is -0.391 e. The van der Waals surface area contributed by atoms with E-state index in [4.69, 9.17) is 16.4 Å². The molecule has 0 radical (unpaired) electrons. The molecule has 0 aliphatic carbocycles. The first-order valence-corrected chi connectivity index (χ1v) is 5.86. The third kappa shape index (κ3) is 4.23. The van der Waals surface area contributed by atoms with E-state index in [1.807, 2.05) is 30.3 Å². The van der Waals surface area contributed by atoms with Crippen LogP contribution in [-0.2, 0) is 11.4 Å². The van der Waals surface area contributed by atoms with Crippen molar-refractivity contribution in [3.8, 4) is 0 Å². The molecule has 3 heteroatoms. The monoisotopic (exact) mass is 239 g/mol. The van der Waals surface area contributed by atoms with Crippen molar-refractivity contribution in [1.82, 2.24) is 0 Å². The average molecular weight is 240 g/mol. The third-order valence-electron chi connectivity index (χ3n) is 2.24. The quantitative estimate of drug-likeness (QED) is 0.444. The Morgan fingerprint density at radius 1 is 1.25 bits per heavy atom. The Labute approximate surface area is 102 Å². The number of nitrogens with zero attached hydrogens (tertiary/aromatic N) is 1. The maximum Gasteiger partial charge on any atom is 0.142 e. The second-order valence-electron chi connectivity index (χ2n) is 4.68. The van der Waals surface area contributed by atoms with E-state index in [1.54, 1.807) is 0 Å². The summed E-state index contributed by atoms with van der Waals surface area (Å²) in [5, 5.41) is 4.09. The molecule has 16 heavy (non-hydrogen) atoms. The van der Waals surface area contributed by atoms with Crippen LogP contribution < -0.4 is 0 Å². The molecule has 1 aromatic carbocycles. The standard InChI is InChI=1S/C13H18ClNO/c1-13(2,3)12(9-14)15-16-10-11-7-5-4-6-8-11/h4-8H,9-10H2,1-3H3/b15-12+. The number of rotatable bonds is 4. The smallest absolute Gasteiger partial charge is 0.142 e. The van der Waals surface area contributed by atoms with Gasteiger partial charge in [0.15, 0.2) is 0 Å². The van der Waals surface area contributed by atoms with Crippen LogP contribution in [0.1, 0.15) is 26.3 Å². The van der Waals surface area contributed by atoms with Gasteiger partial charge in [-0.25, -0.2) is 0 Å². The van der Waals surface area contributed by atoms with Crippen LogP contribution in [-0.4, -0.2) is 11.6 Å². The second kappa shape index (κ2) is 5.90. The predicted molar refractivity (Wildman–Crippen MR) is 68.8 cm³/mol. The summed E-state index contributed by atoms with van der Waals surface area (Å²) in [6.45, 7) is 6.69. The molecule has 0 aliphatic rings. The van der Waals surface area contributed by atoms with Crippen LogP contribution in [0, 0.1) is 5.41 Å². The molecule has 0 saturated heterocycles. The first-order chi connectivity index (χ1) is 7.54. The molecule has 0 bridgehead atoms. The Balaban J connectivity index is 2.53. The molecule has 0 spiro atoms. The van der Waals surface area contributed by atoms with Crippen molar-refractivity contribution in [3.63, 3.8) is 0 Å². The fraction of sp³-hybridized carbons (Fsp3) is 0.462. The normalized spacial score (nSPS) is 12.6. The van der Waals surface area contributed by atoms with Crippen molar-refractivity contribution in [2.75, 3.05) is 5.88 Å². The zero-order valence-corrected chi connectivity index (χ0v) is 10.8. The van der Waals surface area contributed by atoms with E-state index in [-0.39, 0.29) is 5.41 Å². The molecule has 0 atom stereocenters. The van der Waals surface area contributed by atoms with Crippen molar-refractivity contribution >= 4 is 17.3 Å². The highest BCUT2D eigenvalue weighted by Crippen LogP contribution is 2.17. The molecule has 0 aliphatic heterocycles. The molecule has 2 nitrogen and oxygen atoms in total. The Kier molecular flexibility index (Phi) is 4.81. The maximum atomic E-state index is 5.82. The summed E-state index contributed by atoms with van der Waals surface area (Å²) in [6.07, 6.45) is 0. The largest absolute Gasteiger partial charge is 0.391 e. The number of halogens is 1.